The summed E-state index contributed by atoms with van der Waals surface area (Å²) >= 11 is 0. The Morgan fingerprint density at radius 3 is 2.55 bits per heavy atom. The van der Waals surface area contributed by atoms with Crippen LogP contribution in [0.25, 0.3) is 0 Å². The number of rotatable bonds is 7. The summed E-state index contributed by atoms with van der Waals surface area (Å²) in [4.78, 5) is 10.8. The summed E-state index contributed by atoms with van der Waals surface area (Å²) in [6.45, 7) is 3.00. The molecule has 0 aliphatic carbocycles. The number of hydrogen-bond donors (Lipinski definition) is 1. The number of carbonyl (C=O) groups is 1. The topological polar surface area (TPSA) is 29.1 Å². The maximum Gasteiger partial charge on any atom is 0.132 e. The van der Waals surface area contributed by atoms with Crippen molar-refractivity contribution in [3.63, 3.8) is 0 Å². The van der Waals surface area contributed by atoms with Gasteiger partial charge in [0.1, 0.15) is 5.78 Å². The molecule has 0 aliphatic rings. The van der Waals surface area contributed by atoms with Gasteiger partial charge in [-0.25, -0.2) is 0 Å². The summed E-state index contributed by atoms with van der Waals surface area (Å²) in [5.41, 5.74) is 0. The van der Waals surface area contributed by atoms with Crippen molar-refractivity contribution in [2.24, 2.45) is 0 Å². The summed E-state index contributed by atoms with van der Waals surface area (Å²) in [5.74, 6) is 0.398. The Labute approximate surface area is 69.4 Å². The molecule has 0 aromatic heterocycles. The molecule has 66 valence electrons. The van der Waals surface area contributed by atoms with E-state index in [9.17, 15) is 4.79 Å². The molecule has 0 bridgehead atoms. The fourth-order valence-corrected chi connectivity index (χ4v) is 0.977. The third-order valence-corrected chi connectivity index (χ3v) is 1.78. The normalized spacial score (nSPS) is 10.0. The fourth-order valence-electron chi connectivity index (χ4n) is 0.977. The molecule has 1 N–H and O–H groups in total. The highest BCUT2D eigenvalue weighted by Crippen LogP contribution is 2.00. The van der Waals surface area contributed by atoms with Crippen LogP contribution in [0.3, 0.4) is 0 Å². The van der Waals surface area contributed by atoms with E-state index in [0.29, 0.717) is 12.2 Å². The molecule has 0 atom stereocenters. The molecule has 0 aromatic rings. The number of nitrogens with one attached hydrogen (secondary N) is 1. The first-order valence-corrected chi connectivity index (χ1v) is 4.47. The molecule has 0 spiro atoms. The molecule has 0 saturated carbocycles. The minimum Gasteiger partial charge on any atom is -0.320 e. The zero-order valence-electron chi connectivity index (χ0n) is 7.65. The molecule has 0 rings (SSSR count). The molecular weight excluding hydrogens is 138 g/mol. The third-order valence-electron chi connectivity index (χ3n) is 1.78. The SMILES string of the molecule is CCC(=O)CCCCCNC. The van der Waals surface area contributed by atoms with E-state index in [1.165, 1.54) is 12.8 Å². The molecule has 0 aromatic carbocycles. The van der Waals surface area contributed by atoms with Gasteiger partial charge >= 0.3 is 0 Å². The van der Waals surface area contributed by atoms with E-state index in [-0.39, 0.29) is 0 Å². The number of hydrogen-bond acceptors (Lipinski definition) is 2. The fraction of sp³-hybridized carbons (Fsp3) is 0.889. The van der Waals surface area contributed by atoms with Gasteiger partial charge in [-0.1, -0.05) is 13.3 Å². The average molecular weight is 157 g/mol. The van der Waals surface area contributed by atoms with Gasteiger partial charge in [-0.2, -0.15) is 0 Å². The summed E-state index contributed by atoms with van der Waals surface area (Å²) in [5, 5.41) is 3.08. The van der Waals surface area contributed by atoms with Gasteiger partial charge in [0.05, 0.1) is 0 Å². The maximum atomic E-state index is 10.8. The lowest BCUT2D eigenvalue weighted by atomic mass is 10.1. The van der Waals surface area contributed by atoms with Crippen LogP contribution in [0.4, 0.5) is 0 Å². The molecule has 0 fully saturated rings. The molecule has 2 heteroatoms. The number of unbranched alkanes of at least 4 members (excludes halogenated alkanes) is 2. The molecule has 2 nitrogen and oxygen atoms in total. The van der Waals surface area contributed by atoms with E-state index in [1.807, 2.05) is 14.0 Å². The first kappa shape index (κ1) is 10.6. The quantitative estimate of drug-likeness (QED) is 0.570. The van der Waals surface area contributed by atoms with Crippen molar-refractivity contribution in [1.29, 1.82) is 0 Å². The maximum absolute atomic E-state index is 10.8. The van der Waals surface area contributed by atoms with Crippen molar-refractivity contribution in [1.82, 2.24) is 5.32 Å². The Morgan fingerprint density at radius 2 is 2.00 bits per heavy atom. The smallest absolute Gasteiger partial charge is 0.132 e. The van der Waals surface area contributed by atoms with Gasteiger partial charge in [-0.05, 0) is 26.4 Å². The Kier molecular flexibility index (Phi) is 7.47. The second-order valence-electron chi connectivity index (χ2n) is 2.81. The average Bonchev–Trinajstić information content (AvgIpc) is 2.04. The zero-order valence-corrected chi connectivity index (χ0v) is 7.65. The van der Waals surface area contributed by atoms with Gasteiger partial charge in [0.15, 0.2) is 0 Å². The van der Waals surface area contributed by atoms with Crippen molar-refractivity contribution < 1.29 is 4.79 Å². The third kappa shape index (κ3) is 7.53. The lowest BCUT2D eigenvalue weighted by Crippen LogP contribution is -2.07. The lowest BCUT2D eigenvalue weighted by Gasteiger charge is -1.98. The first-order valence-electron chi connectivity index (χ1n) is 4.47. The van der Waals surface area contributed by atoms with Crippen molar-refractivity contribution in [2.75, 3.05) is 13.6 Å². The Balaban J connectivity index is 2.95. The van der Waals surface area contributed by atoms with E-state index in [1.54, 1.807) is 0 Å². The second kappa shape index (κ2) is 7.73. The molecular formula is C9H19NO. The van der Waals surface area contributed by atoms with Gasteiger partial charge in [-0.15, -0.1) is 0 Å². The van der Waals surface area contributed by atoms with Crippen molar-refractivity contribution in [3.05, 3.63) is 0 Å². The van der Waals surface area contributed by atoms with Crippen LogP contribution in [-0.2, 0) is 4.79 Å². The van der Waals surface area contributed by atoms with Crippen LogP contribution in [0.15, 0.2) is 0 Å². The van der Waals surface area contributed by atoms with Gasteiger partial charge in [0.25, 0.3) is 0 Å². The largest absolute Gasteiger partial charge is 0.320 e. The highest BCUT2D eigenvalue weighted by molar-refractivity contribution is 5.77. The van der Waals surface area contributed by atoms with Crippen LogP contribution in [0.2, 0.25) is 0 Å². The Morgan fingerprint density at radius 1 is 1.27 bits per heavy atom. The molecule has 0 saturated heterocycles. The molecule has 0 heterocycles. The minimum atomic E-state index is 0.398. The highest BCUT2D eigenvalue weighted by atomic mass is 16.1. The minimum absolute atomic E-state index is 0.398. The van der Waals surface area contributed by atoms with E-state index in [2.05, 4.69) is 5.32 Å². The van der Waals surface area contributed by atoms with E-state index < -0.39 is 0 Å². The monoisotopic (exact) mass is 157 g/mol. The van der Waals surface area contributed by atoms with Gasteiger partial charge in [0.2, 0.25) is 0 Å². The predicted molar refractivity (Wildman–Crippen MR) is 47.7 cm³/mol. The van der Waals surface area contributed by atoms with Crippen molar-refractivity contribution in [2.45, 2.75) is 39.0 Å². The number of Topliss-reactive ketones (excluding diaryl/α,β-unsaturated/α-hetero) is 1. The molecule has 11 heavy (non-hydrogen) atoms. The molecule has 0 aliphatic heterocycles. The van der Waals surface area contributed by atoms with Crippen molar-refractivity contribution >= 4 is 5.78 Å². The first-order chi connectivity index (χ1) is 5.31. The van der Waals surface area contributed by atoms with Crippen LogP contribution >= 0.6 is 0 Å². The van der Waals surface area contributed by atoms with E-state index in [0.717, 1.165) is 19.4 Å². The Bertz CT molecular complexity index is 102. The summed E-state index contributed by atoms with van der Waals surface area (Å²) in [6.07, 6.45) is 4.90. The lowest BCUT2D eigenvalue weighted by molar-refractivity contribution is -0.118. The van der Waals surface area contributed by atoms with Crippen LogP contribution in [0.5, 0.6) is 0 Å². The summed E-state index contributed by atoms with van der Waals surface area (Å²) < 4.78 is 0. The number of carbonyl (C=O) groups excluding carboxylic acids is 1. The highest BCUT2D eigenvalue weighted by Gasteiger charge is 1.96. The number of ketones is 1. The Hall–Kier alpha value is -0.370. The van der Waals surface area contributed by atoms with Gasteiger partial charge in [0, 0.05) is 12.8 Å². The summed E-state index contributed by atoms with van der Waals surface area (Å²) in [7, 11) is 1.96. The van der Waals surface area contributed by atoms with Crippen LogP contribution in [0, 0.1) is 0 Å². The van der Waals surface area contributed by atoms with Crippen LogP contribution in [0.1, 0.15) is 39.0 Å². The van der Waals surface area contributed by atoms with Gasteiger partial charge < -0.3 is 5.32 Å². The molecule has 0 unspecified atom stereocenters. The summed E-state index contributed by atoms with van der Waals surface area (Å²) in [6, 6.07) is 0. The van der Waals surface area contributed by atoms with E-state index in [4.69, 9.17) is 0 Å². The zero-order chi connectivity index (χ0) is 8.53. The van der Waals surface area contributed by atoms with Crippen molar-refractivity contribution in [3.8, 4) is 0 Å². The second-order valence-corrected chi connectivity index (χ2v) is 2.81. The molecule has 0 radical (unpaired) electrons. The van der Waals surface area contributed by atoms with Gasteiger partial charge in [-0.3, -0.25) is 4.79 Å². The molecule has 0 amide bonds. The van der Waals surface area contributed by atoms with Crippen LogP contribution in [-0.4, -0.2) is 19.4 Å². The predicted octanol–water partition coefficient (Wildman–Crippen LogP) is 1.75. The standard InChI is InChI=1S/C9H19NO/c1-3-9(11)7-5-4-6-8-10-2/h10H,3-8H2,1-2H3. The van der Waals surface area contributed by atoms with E-state index >= 15 is 0 Å². The van der Waals surface area contributed by atoms with Crippen LogP contribution < -0.4 is 5.32 Å².